The van der Waals surface area contributed by atoms with Gasteiger partial charge in [-0.15, -0.1) is 0 Å². The Bertz CT molecular complexity index is 769. The van der Waals surface area contributed by atoms with Gasteiger partial charge in [-0.3, -0.25) is 9.69 Å². The lowest BCUT2D eigenvalue weighted by atomic mass is 10.1. The summed E-state index contributed by atoms with van der Waals surface area (Å²) in [7, 11) is 1.50. The van der Waals surface area contributed by atoms with Crippen molar-refractivity contribution in [3.8, 4) is 0 Å². The third-order valence-electron chi connectivity index (χ3n) is 4.42. The zero-order valence-electron chi connectivity index (χ0n) is 14.8. The SMILES string of the molecule is CO/N=C/c1ccc(C(=O)N2CCN(Cc3cccc(Cl)c3)CC2)cc1. The predicted molar refractivity (Wildman–Crippen MR) is 104 cm³/mol. The number of carbonyl (C=O) groups excluding carboxylic acids is 1. The molecule has 2 aromatic carbocycles. The van der Waals surface area contributed by atoms with E-state index in [0.717, 1.165) is 43.3 Å². The average molecular weight is 372 g/mol. The fraction of sp³-hybridized carbons (Fsp3) is 0.300. The van der Waals surface area contributed by atoms with Crippen LogP contribution in [0.1, 0.15) is 21.5 Å². The number of hydrogen-bond acceptors (Lipinski definition) is 4. The zero-order valence-corrected chi connectivity index (χ0v) is 15.5. The number of amides is 1. The molecule has 5 nitrogen and oxygen atoms in total. The van der Waals surface area contributed by atoms with Gasteiger partial charge in [0, 0.05) is 43.3 Å². The van der Waals surface area contributed by atoms with E-state index in [4.69, 9.17) is 11.6 Å². The Kier molecular flexibility index (Phi) is 6.26. The molecule has 0 N–H and O–H groups in total. The minimum Gasteiger partial charge on any atom is -0.399 e. The first kappa shape index (κ1) is 18.4. The number of nitrogens with zero attached hydrogens (tertiary/aromatic N) is 3. The van der Waals surface area contributed by atoms with Gasteiger partial charge in [0.05, 0.1) is 6.21 Å². The van der Waals surface area contributed by atoms with Crippen LogP contribution in [-0.2, 0) is 11.4 Å². The summed E-state index contributed by atoms with van der Waals surface area (Å²) >= 11 is 6.05. The summed E-state index contributed by atoms with van der Waals surface area (Å²) in [6.45, 7) is 4.03. The number of rotatable bonds is 5. The van der Waals surface area contributed by atoms with E-state index in [-0.39, 0.29) is 5.91 Å². The molecule has 0 bridgehead atoms. The molecule has 3 rings (SSSR count). The molecule has 0 radical (unpaired) electrons. The van der Waals surface area contributed by atoms with Crippen LogP contribution in [-0.4, -0.2) is 55.2 Å². The largest absolute Gasteiger partial charge is 0.399 e. The highest BCUT2D eigenvalue weighted by Crippen LogP contribution is 2.15. The first-order valence-corrected chi connectivity index (χ1v) is 8.96. The Morgan fingerprint density at radius 2 is 1.88 bits per heavy atom. The molecule has 1 fully saturated rings. The summed E-state index contributed by atoms with van der Waals surface area (Å²) < 4.78 is 0. The fourth-order valence-corrected chi connectivity index (χ4v) is 3.22. The van der Waals surface area contributed by atoms with E-state index in [1.54, 1.807) is 6.21 Å². The minimum absolute atomic E-state index is 0.0719. The van der Waals surface area contributed by atoms with Crippen molar-refractivity contribution in [3.63, 3.8) is 0 Å². The topological polar surface area (TPSA) is 45.1 Å². The molecule has 26 heavy (non-hydrogen) atoms. The quantitative estimate of drug-likeness (QED) is 0.598. The molecule has 1 amide bonds. The molecule has 1 heterocycles. The van der Waals surface area contributed by atoms with Gasteiger partial charge in [-0.05, 0) is 35.4 Å². The maximum atomic E-state index is 12.7. The van der Waals surface area contributed by atoms with Crippen LogP contribution in [0, 0.1) is 0 Å². The molecule has 6 heteroatoms. The van der Waals surface area contributed by atoms with Gasteiger partial charge in [0.1, 0.15) is 7.11 Å². The predicted octanol–water partition coefficient (Wildman–Crippen LogP) is 3.28. The molecule has 2 aromatic rings. The van der Waals surface area contributed by atoms with Crippen molar-refractivity contribution in [1.29, 1.82) is 0 Å². The summed E-state index contributed by atoms with van der Waals surface area (Å²) in [5.41, 5.74) is 2.79. The summed E-state index contributed by atoms with van der Waals surface area (Å²) in [6.07, 6.45) is 1.61. The van der Waals surface area contributed by atoms with Crippen molar-refractivity contribution < 1.29 is 9.63 Å². The van der Waals surface area contributed by atoms with E-state index < -0.39 is 0 Å². The molecular formula is C20H22ClN3O2. The highest BCUT2D eigenvalue weighted by atomic mass is 35.5. The van der Waals surface area contributed by atoms with Gasteiger partial charge in [0.25, 0.3) is 5.91 Å². The normalized spacial score (nSPS) is 15.4. The third-order valence-corrected chi connectivity index (χ3v) is 4.65. The Labute approximate surface area is 158 Å². The highest BCUT2D eigenvalue weighted by molar-refractivity contribution is 6.30. The first-order valence-electron chi connectivity index (χ1n) is 8.58. The number of piperazine rings is 1. The van der Waals surface area contributed by atoms with Crippen molar-refractivity contribution in [1.82, 2.24) is 9.80 Å². The van der Waals surface area contributed by atoms with E-state index in [0.29, 0.717) is 5.56 Å². The van der Waals surface area contributed by atoms with Crippen molar-refractivity contribution in [2.24, 2.45) is 5.16 Å². The number of carbonyl (C=O) groups is 1. The van der Waals surface area contributed by atoms with E-state index in [1.807, 2.05) is 47.4 Å². The smallest absolute Gasteiger partial charge is 0.253 e. The second kappa shape index (κ2) is 8.83. The van der Waals surface area contributed by atoms with Gasteiger partial charge in [0.15, 0.2) is 0 Å². The molecule has 0 spiro atoms. The number of hydrogen-bond donors (Lipinski definition) is 0. The van der Waals surface area contributed by atoms with Crippen LogP contribution >= 0.6 is 11.6 Å². The lowest BCUT2D eigenvalue weighted by Gasteiger charge is -2.34. The zero-order chi connectivity index (χ0) is 18.4. The van der Waals surface area contributed by atoms with Crippen LogP contribution in [0.25, 0.3) is 0 Å². The maximum Gasteiger partial charge on any atom is 0.253 e. The summed E-state index contributed by atoms with van der Waals surface area (Å²) in [5.74, 6) is 0.0719. The highest BCUT2D eigenvalue weighted by Gasteiger charge is 2.22. The second-order valence-corrected chi connectivity index (χ2v) is 6.67. The minimum atomic E-state index is 0.0719. The van der Waals surface area contributed by atoms with E-state index in [2.05, 4.69) is 21.0 Å². The van der Waals surface area contributed by atoms with Crippen LogP contribution < -0.4 is 0 Å². The number of halogens is 1. The lowest BCUT2D eigenvalue weighted by Crippen LogP contribution is -2.48. The summed E-state index contributed by atoms with van der Waals surface area (Å²) in [4.78, 5) is 21.6. The van der Waals surface area contributed by atoms with Crippen molar-refractivity contribution >= 4 is 23.7 Å². The van der Waals surface area contributed by atoms with E-state index in [1.165, 1.54) is 12.7 Å². The molecule has 0 aromatic heterocycles. The van der Waals surface area contributed by atoms with Crippen LogP contribution in [0.4, 0.5) is 0 Å². The van der Waals surface area contributed by atoms with E-state index >= 15 is 0 Å². The van der Waals surface area contributed by atoms with Gasteiger partial charge in [-0.1, -0.05) is 41.0 Å². The van der Waals surface area contributed by atoms with Gasteiger partial charge in [-0.2, -0.15) is 0 Å². The fourth-order valence-electron chi connectivity index (χ4n) is 3.01. The molecule has 136 valence electrons. The Balaban J connectivity index is 1.54. The Hall–Kier alpha value is -2.37. The summed E-state index contributed by atoms with van der Waals surface area (Å²) in [5, 5.41) is 4.48. The summed E-state index contributed by atoms with van der Waals surface area (Å²) in [6, 6.07) is 15.3. The van der Waals surface area contributed by atoms with Crippen molar-refractivity contribution in [2.45, 2.75) is 6.54 Å². The lowest BCUT2D eigenvalue weighted by molar-refractivity contribution is 0.0628. The van der Waals surface area contributed by atoms with Gasteiger partial charge in [-0.25, -0.2) is 0 Å². The van der Waals surface area contributed by atoms with Gasteiger partial charge >= 0.3 is 0 Å². The van der Waals surface area contributed by atoms with Crippen LogP contribution in [0.3, 0.4) is 0 Å². The molecule has 0 unspecified atom stereocenters. The van der Waals surface area contributed by atoms with Crippen LogP contribution in [0.5, 0.6) is 0 Å². The molecule has 1 aliphatic rings. The number of oxime groups is 1. The average Bonchev–Trinajstić information content (AvgIpc) is 2.67. The van der Waals surface area contributed by atoms with E-state index in [9.17, 15) is 4.79 Å². The third kappa shape index (κ3) is 4.84. The Morgan fingerprint density at radius 3 is 2.54 bits per heavy atom. The second-order valence-electron chi connectivity index (χ2n) is 6.24. The molecule has 0 atom stereocenters. The van der Waals surface area contributed by atoms with Gasteiger partial charge in [0.2, 0.25) is 0 Å². The first-order chi connectivity index (χ1) is 12.7. The molecule has 0 saturated carbocycles. The molecule has 1 aliphatic heterocycles. The van der Waals surface area contributed by atoms with Crippen molar-refractivity contribution in [2.75, 3.05) is 33.3 Å². The number of benzene rings is 2. The molecular weight excluding hydrogens is 350 g/mol. The Morgan fingerprint density at radius 1 is 1.15 bits per heavy atom. The maximum absolute atomic E-state index is 12.7. The standard InChI is InChI=1S/C20H22ClN3O2/c1-26-22-14-16-5-7-18(8-6-16)20(25)24-11-9-23(10-12-24)15-17-3-2-4-19(21)13-17/h2-8,13-14H,9-12,15H2,1H3/b22-14+. The monoisotopic (exact) mass is 371 g/mol. The van der Waals surface area contributed by atoms with Crippen LogP contribution in [0.15, 0.2) is 53.7 Å². The van der Waals surface area contributed by atoms with Crippen LogP contribution in [0.2, 0.25) is 5.02 Å². The van der Waals surface area contributed by atoms with Gasteiger partial charge < -0.3 is 9.74 Å². The molecule has 1 saturated heterocycles. The van der Waals surface area contributed by atoms with Crippen molar-refractivity contribution in [3.05, 3.63) is 70.2 Å². The molecule has 0 aliphatic carbocycles.